The Bertz CT molecular complexity index is 816. The van der Waals surface area contributed by atoms with Gasteiger partial charge in [0, 0.05) is 11.6 Å². The fourth-order valence-corrected chi connectivity index (χ4v) is 5.33. The summed E-state index contributed by atoms with van der Waals surface area (Å²) < 4.78 is 0. The van der Waals surface area contributed by atoms with Gasteiger partial charge in [-0.2, -0.15) is 4.80 Å². The Morgan fingerprint density at radius 1 is 1.04 bits per heavy atom. The predicted octanol–water partition coefficient (Wildman–Crippen LogP) is 2.57. The minimum Gasteiger partial charge on any atom is -0.352 e. The number of carbonyl (C=O) groups excluding carboxylic acids is 1. The summed E-state index contributed by atoms with van der Waals surface area (Å²) in [4.78, 5) is 17.2. The number of fused-ring (bicyclic) bond motifs is 1. The van der Waals surface area contributed by atoms with Crippen molar-refractivity contribution < 1.29 is 4.79 Å². The van der Waals surface area contributed by atoms with E-state index in [1.54, 1.807) is 4.80 Å². The van der Waals surface area contributed by atoms with Gasteiger partial charge < -0.3 is 5.32 Å². The molecule has 7 nitrogen and oxygen atoms in total. The first kappa shape index (κ1) is 17.8. The van der Waals surface area contributed by atoms with E-state index >= 15 is 0 Å². The lowest BCUT2D eigenvalue weighted by Gasteiger charge is -2.34. The molecule has 3 aliphatic rings. The van der Waals surface area contributed by atoms with Crippen LogP contribution >= 0.6 is 0 Å². The summed E-state index contributed by atoms with van der Waals surface area (Å²) in [5.74, 6) is 0.953. The Kier molecular flexibility index (Phi) is 4.62. The topological polar surface area (TPSA) is 75.9 Å². The fourth-order valence-electron chi connectivity index (χ4n) is 5.33. The van der Waals surface area contributed by atoms with Crippen LogP contribution in [0.5, 0.6) is 0 Å². The molecule has 28 heavy (non-hydrogen) atoms. The van der Waals surface area contributed by atoms with Crippen LogP contribution in [0, 0.1) is 0 Å². The molecule has 0 unspecified atom stereocenters. The van der Waals surface area contributed by atoms with E-state index in [1.807, 2.05) is 30.3 Å². The highest BCUT2D eigenvalue weighted by molar-refractivity contribution is 5.87. The maximum atomic E-state index is 13.0. The van der Waals surface area contributed by atoms with E-state index in [2.05, 4.69) is 25.6 Å². The average molecular weight is 380 g/mol. The number of nitrogens with one attached hydrogen (secondary N) is 1. The second-order valence-corrected chi connectivity index (χ2v) is 8.50. The van der Waals surface area contributed by atoms with Crippen LogP contribution in [0.4, 0.5) is 0 Å². The summed E-state index contributed by atoms with van der Waals surface area (Å²) in [6.45, 7) is 2.17. The molecule has 7 heteroatoms. The molecule has 5 rings (SSSR count). The van der Waals surface area contributed by atoms with Crippen molar-refractivity contribution in [1.29, 1.82) is 0 Å². The van der Waals surface area contributed by atoms with Crippen LogP contribution in [0.1, 0.15) is 57.4 Å². The molecule has 1 aromatic carbocycles. The van der Waals surface area contributed by atoms with Gasteiger partial charge in [0.25, 0.3) is 0 Å². The molecular formula is C21H28N6O. The van der Waals surface area contributed by atoms with Crippen LogP contribution < -0.4 is 5.32 Å². The number of amides is 1. The summed E-state index contributed by atoms with van der Waals surface area (Å²) >= 11 is 0. The van der Waals surface area contributed by atoms with Gasteiger partial charge in [0.2, 0.25) is 11.7 Å². The third-order valence-electron chi connectivity index (χ3n) is 6.88. The van der Waals surface area contributed by atoms with E-state index in [-0.39, 0.29) is 23.5 Å². The van der Waals surface area contributed by atoms with E-state index < -0.39 is 0 Å². The summed E-state index contributed by atoms with van der Waals surface area (Å²) in [6, 6.07) is 10.5. The number of benzene rings is 1. The minimum atomic E-state index is -0.200. The van der Waals surface area contributed by atoms with Gasteiger partial charge in [0.05, 0.1) is 6.04 Å². The molecule has 0 radical (unpaired) electrons. The van der Waals surface area contributed by atoms with Crippen LogP contribution in [-0.4, -0.2) is 55.7 Å². The standard InChI is InChI=1S/C21H28N6O/c28-20(21-12-4-14-26(21)15-5-13-21)22-17-8-10-18(11-9-17)27-24-19(23-25-27)16-6-2-1-3-7-16/h1-3,6-7,17-18H,4-5,8-15H2,(H,22,28). The third-order valence-corrected chi connectivity index (χ3v) is 6.88. The largest absolute Gasteiger partial charge is 0.352 e. The van der Waals surface area contributed by atoms with Crippen molar-refractivity contribution in [2.45, 2.75) is 69.0 Å². The lowest BCUT2D eigenvalue weighted by molar-refractivity contribution is -0.131. The normalized spacial score (nSPS) is 26.9. The van der Waals surface area contributed by atoms with Crippen LogP contribution in [-0.2, 0) is 4.79 Å². The highest BCUT2D eigenvalue weighted by Gasteiger charge is 2.50. The van der Waals surface area contributed by atoms with Crippen molar-refractivity contribution in [3.05, 3.63) is 30.3 Å². The molecule has 2 saturated heterocycles. The highest BCUT2D eigenvalue weighted by atomic mass is 16.2. The van der Waals surface area contributed by atoms with Crippen molar-refractivity contribution in [2.24, 2.45) is 0 Å². The maximum Gasteiger partial charge on any atom is 0.240 e. The molecule has 3 fully saturated rings. The van der Waals surface area contributed by atoms with Gasteiger partial charge in [-0.25, -0.2) is 0 Å². The summed E-state index contributed by atoms with van der Waals surface area (Å²) in [6.07, 6.45) is 8.28. The van der Waals surface area contributed by atoms with Gasteiger partial charge in [-0.1, -0.05) is 30.3 Å². The fraction of sp³-hybridized carbons (Fsp3) is 0.619. The molecule has 2 aromatic rings. The quantitative estimate of drug-likeness (QED) is 0.882. The molecule has 3 heterocycles. The highest BCUT2D eigenvalue weighted by Crippen LogP contribution is 2.39. The minimum absolute atomic E-state index is 0.200. The predicted molar refractivity (Wildman–Crippen MR) is 105 cm³/mol. The van der Waals surface area contributed by atoms with Gasteiger partial charge in [0.15, 0.2) is 0 Å². The van der Waals surface area contributed by atoms with Crippen molar-refractivity contribution >= 4 is 5.91 Å². The molecule has 1 saturated carbocycles. The molecular weight excluding hydrogens is 352 g/mol. The molecule has 1 aromatic heterocycles. The summed E-state index contributed by atoms with van der Waals surface area (Å²) in [5, 5.41) is 16.5. The number of aromatic nitrogens is 4. The van der Waals surface area contributed by atoms with Gasteiger partial charge in [-0.3, -0.25) is 9.69 Å². The molecule has 1 N–H and O–H groups in total. The van der Waals surface area contributed by atoms with Crippen molar-refractivity contribution in [3.8, 4) is 11.4 Å². The number of carbonyl (C=O) groups is 1. The number of rotatable bonds is 4. The van der Waals surface area contributed by atoms with Crippen LogP contribution in [0.3, 0.4) is 0 Å². The maximum absolute atomic E-state index is 13.0. The monoisotopic (exact) mass is 380 g/mol. The zero-order valence-corrected chi connectivity index (χ0v) is 16.3. The van der Waals surface area contributed by atoms with E-state index in [4.69, 9.17) is 0 Å². The lowest BCUT2D eigenvalue weighted by atomic mass is 9.89. The zero-order chi connectivity index (χ0) is 19.0. The van der Waals surface area contributed by atoms with Gasteiger partial charge >= 0.3 is 0 Å². The lowest BCUT2D eigenvalue weighted by Crippen LogP contribution is -2.54. The first-order valence-corrected chi connectivity index (χ1v) is 10.7. The SMILES string of the molecule is O=C(NC1CCC(n2nnc(-c3ccccc3)n2)CC1)C12CCCN1CCC2. The van der Waals surface area contributed by atoms with Crippen molar-refractivity contribution in [2.75, 3.05) is 13.1 Å². The van der Waals surface area contributed by atoms with Crippen LogP contribution in [0.25, 0.3) is 11.4 Å². The summed E-state index contributed by atoms with van der Waals surface area (Å²) in [7, 11) is 0. The molecule has 0 atom stereocenters. The first-order chi connectivity index (χ1) is 13.7. The van der Waals surface area contributed by atoms with E-state index in [1.165, 1.54) is 0 Å². The molecule has 0 spiro atoms. The summed E-state index contributed by atoms with van der Waals surface area (Å²) in [5.41, 5.74) is 0.793. The van der Waals surface area contributed by atoms with E-state index in [9.17, 15) is 4.79 Å². The number of nitrogens with zero attached hydrogens (tertiary/aromatic N) is 5. The van der Waals surface area contributed by atoms with Crippen molar-refractivity contribution in [1.82, 2.24) is 30.4 Å². The molecule has 1 aliphatic carbocycles. The van der Waals surface area contributed by atoms with E-state index in [0.29, 0.717) is 5.82 Å². The second kappa shape index (κ2) is 7.28. The average Bonchev–Trinajstić information content (AvgIpc) is 3.45. The van der Waals surface area contributed by atoms with Gasteiger partial charge in [-0.15, -0.1) is 10.2 Å². The number of hydrogen-bond donors (Lipinski definition) is 1. The smallest absolute Gasteiger partial charge is 0.240 e. The Labute approximate surface area is 165 Å². The number of tetrazole rings is 1. The molecule has 148 valence electrons. The first-order valence-electron chi connectivity index (χ1n) is 10.7. The van der Waals surface area contributed by atoms with Crippen molar-refractivity contribution in [3.63, 3.8) is 0 Å². The molecule has 2 aliphatic heterocycles. The Morgan fingerprint density at radius 3 is 2.46 bits per heavy atom. The number of hydrogen-bond acceptors (Lipinski definition) is 5. The molecule has 0 bridgehead atoms. The molecule has 1 amide bonds. The second-order valence-electron chi connectivity index (χ2n) is 8.50. The van der Waals surface area contributed by atoms with E-state index in [0.717, 1.165) is 70.0 Å². The Balaban J connectivity index is 1.18. The third kappa shape index (κ3) is 3.11. The Hall–Kier alpha value is -2.28. The van der Waals surface area contributed by atoms with Gasteiger partial charge in [0.1, 0.15) is 5.54 Å². The van der Waals surface area contributed by atoms with Crippen LogP contribution in [0.15, 0.2) is 30.3 Å². The van der Waals surface area contributed by atoms with Crippen LogP contribution in [0.2, 0.25) is 0 Å². The van der Waals surface area contributed by atoms with Gasteiger partial charge in [-0.05, 0) is 69.7 Å². The Morgan fingerprint density at radius 2 is 1.75 bits per heavy atom. The zero-order valence-electron chi connectivity index (χ0n) is 16.3.